The van der Waals surface area contributed by atoms with E-state index in [0.717, 1.165) is 24.0 Å². The molecule has 2 rings (SSSR count). The molecule has 4 heteroatoms. The lowest BCUT2D eigenvalue weighted by Crippen LogP contribution is -2.38. The van der Waals surface area contributed by atoms with Gasteiger partial charge in [-0.3, -0.25) is 9.59 Å². The second kappa shape index (κ2) is 12.4. The average Bonchev–Trinajstić information content (AvgIpc) is 2.87. The lowest BCUT2D eigenvalue weighted by atomic mass is 9.78. The number of rotatable bonds is 12. The van der Waals surface area contributed by atoms with Gasteiger partial charge in [0, 0.05) is 0 Å². The molecule has 0 saturated heterocycles. The van der Waals surface area contributed by atoms with E-state index in [9.17, 15) is 9.59 Å². The molecular formula is C31H44O4. The molecule has 35 heavy (non-hydrogen) atoms. The van der Waals surface area contributed by atoms with Crippen LogP contribution in [0.2, 0.25) is 0 Å². The summed E-state index contributed by atoms with van der Waals surface area (Å²) in [5.41, 5.74) is 2.26. The van der Waals surface area contributed by atoms with Crippen molar-refractivity contribution in [3.8, 4) is 16.9 Å². The van der Waals surface area contributed by atoms with Crippen LogP contribution in [0.25, 0.3) is 11.1 Å². The average molecular weight is 481 g/mol. The second-order valence-electron chi connectivity index (χ2n) is 10.5. The summed E-state index contributed by atoms with van der Waals surface area (Å²) in [6.07, 6.45) is 3.12. The monoisotopic (exact) mass is 480 g/mol. The summed E-state index contributed by atoms with van der Waals surface area (Å²) in [6, 6.07) is 16.2. The van der Waals surface area contributed by atoms with Gasteiger partial charge in [0.2, 0.25) is 0 Å². The summed E-state index contributed by atoms with van der Waals surface area (Å²) in [6.45, 7) is 16.2. The van der Waals surface area contributed by atoms with E-state index in [0.29, 0.717) is 30.9 Å². The van der Waals surface area contributed by atoms with Crippen LogP contribution in [-0.4, -0.2) is 17.5 Å². The fourth-order valence-electron chi connectivity index (χ4n) is 4.04. The van der Waals surface area contributed by atoms with Crippen molar-refractivity contribution in [2.75, 3.05) is 0 Å². The predicted molar refractivity (Wildman–Crippen MR) is 143 cm³/mol. The molecule has 0 aromatic heterocycles. The van der Waals surface area contributed by atoms with Crippen molar-refractivity contribution >= 4 is 11.9 Å². The molecule has 2 unspecified atom stereocenters. The van der Waals surface area contributed by atoms with Gasteiger partial charge in [-0.25, -0.2) is 0 Å². The van der Waals surface area contributed by atoms with Gasteiger partial charge in [-0.2, -0.15) is 0 Å². The third-order valence-corrected chi connectivity index (χ3v) is 7.61. The van der Waals surface area contributed by atoms with E-state index in [4.69, 9.17) is 9.47 Å². The van der Waals surface area contributed by atoms with E-state index in [1.807, 2.05) is 65.8 Å². The minimum atomic E-state index is -0.778. The SMILES string of the molecule is CCC(CC(C)(CC)C(=O)Oc1ccc(-c2ccc(C(C)C)cc2)cc1)C(=O)OC(C)(CC)CC. The summed E-state index contributed by atoms with van der Waals surface area (Å²) in [5.74, 6) is 0.127. The van der Waals surface area contributed by atoms with Crippen LogP contribution in [0.15, 0.2) is 48.5 Å². The largest absolute Gasteiger partial charge is 0.459 e. The maximum atomic E-state index is 13.2. The highest BCUT2D eigenvalue weighted by Gasteiger charge is 2.39. The molecule has 0 aliphatic rings. The van der Waals surface area contributed by atoms with E-state index in [1.165, 1.54) is 5.56 Å². The molecule has 4 nitrogen and oxygen atoms in total. The summed E-state index contributed by atoms with van der Waals surface area (Å²) in [5, 5.41) is 0. The van der Waals surface area contributed by atoms with Gasteiger partial charge >= 0.3 is 11.9 Å². The van der Waals surface area contributed by atoms with E-state index in [-0.39, 0.29) is 17.9 Å². The Kier molecular flexibility index (Phi) is 10.1. The Morgan fingerprint density at radius 2 is 1.31 bits per heavy atom. The topological polar surface area (TPSA) is 52.6 Å². The van der Waals surface area contributed by atoms with Crippen LogP contribution in [0.1, 0.15) is 99.0 Å². The number of benzene rings is 2. The third-order valence-electron chi connectivity index (χ3n) is 7.61. The first-order valence-corrected chi connectivity index (χ1v) is 13.2. The summed E-state index contributed by atoms with van der Waals surface area (Å²) >= 11 is 0. The molecule has 0 saturated carbocycles. The van der Waals surface area contributed by atoms with Crippen LogP contribution >= 0.6 is 0 Å². The molecular weight excluding hydrogens is 436 g/mol. The van der Waals surface area contributed by atoms with Crippen LogP contribution in [-0.2, 0) is 14.3 Å². The van der Waals surface area contributed by atoms with Crippen molar-refractivity contribution < 1.29 is 19.1 Å². The van der Waals surface area contributed by atoms with E-state index >= 15 is 0 Å². The van der Waals surface area contributed by atoms with Gasteiger partial charge in [0.25, 0.3) is 0 Å². The smallest absolute Gasteiger partial charge is 0.317 e. The van der Waals surface area contributed by atoms with Gasteiger partial charge in [0.05, 0.1) is 11.3 Å². The van der Waals surface area contributed by atoms with E-state index in [1.54, 1.807) is 0 Å². The van der Waals surface area contributed by atoms with Gasteiger partial charge < -0.3 is 9.47 Å². The first kappa shape index (κ1) is 28.6. The normalized spacial score (nSPS) is 14.3. The van der Waals surface area contributed by atoms with Crippen LogP contribution in [0, 0.1) is 11.3 Å². The van der Waals surface area contributed by atoms with E-state index < -0.39 is 11.0 Å². The Morgan fingerprint density at radius 3 is 1.74 bits per heavy atom. The quantitative estimate of drug-likeness (QED) is 0.226. The molecule has 0 amide bonds. The molecule has 0 radical (unpaired) electrons. The van der Waals surface area contributed by atoms with Crippen molar-refractivity contribution in [2.24, 2.45) is 11.3 Å². The highest BCUT2D eigenvalue weighted by Crippen LogP contribution is 2.35. The maximum absolute atomic E-state index is 13.2. The molecule has 2 aromatic carbocycles. The molecule has 0 aliphatic heterocycles. The van der Waals surface area contributed by atoms with Gasteiger partial charge in [0.15, 0.2) is 0 Å². The zero-order valence-corrected chi connectivity index (χ0v) is 22.9. The number of hydrogen-bond donors (Lipinski definition) is 0. The van der Waals surface area contributed by atoms with Gasteiger partial charge in [0.1, 0.15) is 11.4 Å². The summed E-state index contributed by atoms with van der Waals surface area (Å²) in [7, 11) is 0. The Hall–Kier alpha value is -2.62. The van der Waals surface area contributed by atoms with Gasteiger partial charge in [-0.05, 0) is 80.7 Å². The first-order valence-electron chi connectivity index (χ1n) is 13.2. The lowest BCUT2D eigenvalue weighted by Gasteiger charge is -2.32. The number of carbonyl (C=O) groups excluding carboxylic acids is 2. The zero-order valence-electron chi connectivity index (χ0n) is 22.9. The van der Waals surface area contributed by atoms with E-state index in [2.05, 4.69) is 38.1 Å². The first-order chi connectivity index (χ1) is 16.5. The fourth-order valence-corrected chi connectivity index (χ4v) is 4.04. The second-order valence-corrected chi connectivity index (χ2v) is 10.5. The van der Waals surface area contributed by atoms with Crippen molar-refractivity contribution in [1.29, 1.82) is 0 Å². The Labute approximate surface area is 212 Å². The summed E-state index contributed by atoms with van der Waals surface area (Å²) in [4.78, 5) is 26.2. The molecule has 192 valence electrons. The van der Waals surface area contributed by atoms with Crippen molar-refractivity contribution in [3.63, 3.8) is 0 Å². The molecule has 0 aliphatic carbocycles. The number of hydrogen-bond acceptors (Lipinski definition) is 4. The maximum Gasteiger partial charge on any atom is 0.317 e. The Bertz CT molecular complexity index is 954. The van der Waals surface area contributed by atoms with Gasteiger partial charge in [-0.1, -0.05) is 77.9 Å². The van der Waals surface area contributed by atoms with Crippen molar-refractivity contribution in [1.82, 2.24) is 0 Å². The Morgan fingerprint density at radius 1 is 0.800 bits per heavy atom. The number of ether oxygens (including phenoxy) is 2. The standard InChI is InChI=1S/C31H44O4/c1-9-23(28(32)35-31(8,11-3)12-4)21-30(7,10-2)29(33)34-27-19-17-26(18-20-27)25-15-13-24(14-16-25)22(5)6/h13-20,22-23H,9-12,21H2,1-8H3. The number of esters is 2. The number of carbonyl (C=O) groups is 2. The molecule has 0 N–H and O–H groups in total. The molecule has 2 aromatic rings. The highest BCUT2D eigenvalue weighted by molar-refractivity contribution is 5.81. The fraction of sp³-hybridized carbons (Fsp3) is 0.548. The molecule has 0 bridgehead atoms. The lowest BCUT2D eigenvalue weighted by molar-refractivity contribution is -0.166. The van der Waals surface area contributed by atoms with Crippen LogP contribution in [0.3, 0.4) is 0 Å². The summed E-state index contributed by atoms with van der Waals surface area (Å²) < 4.78 is 11.7. The predicted octanol–water partition coefficient (Wildman–Crippen LogP) is 8.34. The van der Waals surface area contributed by atoms with Crippen molar-refractivity contribution in [3.05, 3.63) is 54.1 Å². The molecule has 2 atom stereocenters. The van der Waals surface area contributed by atoms with Crippen LogP contribution in [0.4, 0.5) is 0 Å². The van der Waals surface area contributed by atoms with Crippen LogP contribution < -0.4 is 4.74 Å². The molecule has 0 fully saturated rings. The van der Waals surface area contributed by atoms with Crippen LogP contribution in [0.5, 0.6) is 5.75 Å². The zero-order chi connectivity index (χ0) is 26.2. The minimum absolute atomic E-state index is 0.223. The Balaban J connectivity index is 2.10. The van der Waals surface area contributed by atoms with Gasteiger partial charge in [-0.15, -0.1) is 0 Å². The minimum Gasteiger partial charge on any atom is -0.459 e. The van der Waals surface area contributed by atoms with Crippen molar-refractivity contribution in [2.45, 2.75) is 99.0 Å². The highest BCUT2D eigenvalue weighted by atomic mass is 16.6. The molecule has 0 heterocycles. The third kappa shape index (κ3) is 7.43. The molecule has 0 spiro atoms.